The van der Waals surface area contributed by atoms with Crippen LogP contribution in [0.25, 0.3) is 0 Å². The van der Waals surface area contributed by atoms with Gasteiger partial charge in [0, 0.05) is 11.1 Å². The lowest BCUT2D eigenvalue weighted by Crippen LogP contribution is -2.38. The molecule has 0 aliphatic heterocycles. The Hall–Kier alpha value is -1.22. The van der Waals surface area contributed by atoms with E-state index in [2.05, 4.69) is 5.32 Å². The molecule has 1 aromatic rings. The van der Waals surface area contributed by atoms with Gasteiger partial charge < -0.3 is 11.1 Å². The lowest BCUT2D eigenvalue weighted by atomic mass is 10.1. The Morgan fingerprint density at radius 2 is 2.07 bits per heavy atom. The van der Waals surface area contributed by atoms with Gasteiger partial charge in [-0.15, -0.1) is 0 Å². The maximum atomic E-state index is 7.07. The van der Waals surface area contributed by atoms with Gasteiger partial charge in [0.25, 0.3) is 0 Å². The quantitative estimate of drug-likeness (QED) is 0.527. The second kappa shape index (κ2) is 4.86. The van der Waals surface area contributed by atoms with Gasteiger partial charge in [-0.05, 0) is 31.0 Å². The molecule has 4 N–H and O–H groups in total. The van der Waals surface area contributed by atoms with E-state index in [1.54, 1.807) is 0 Å². The van der Waals surface area contributed by atoms with Crippen molar-refractivity contribution in [3.8, 4) is 0 Å². The van der Waals surface area contributed by atoms with Crippen LogP contribution in [0.3, 0.4) is 0 Å². The highest BCUT2D eigenvalue weighted by Gasteiger charge is 2.02. The summed E-state index contributed by atoms with van der Waals surface area (Å²) >= 11 is 5.76. The summed E-state index contributed by atoms with van der Waals surface area (Å²) in [5.41, 5.74) is 6.40. The highest BCUT2D eigenvalue weighted by molar-refractivity contribution is 6.30. The molecule has 0 radical (unpaired) electrons. The van der Waals surface area contributed by atoms with E-state index in [0.29, 0.717) is 0 Å². The molecule has 0 saturated heterocycles. The third kappa shape index (κ3) is 3.66. The van der Waals surface area contributed by atoms with Gasteiger partial charge in [-0.2, -0.15) is 0 Å². The molecule has 1 aromatic carbocycles. The van der Waals surface area contributed by atoms with Gasteiger partial charge in [-0.25, -0.2) is 0 Å². The molecule has 4 heteroatoms. The van der Waals surface area contributed by atoms with Crippen LogP contribution in [0.2, 0.25) is 5.02 Å². The Balaban J connectivity index is 2.51. The van der Waals surface area contributed by atoms with Gasteiger partial charge in [0.1, 0.15) is 0 Å². The Morgan fingerprint density at radius 1 is 1.50 bits per heavy atom. The summed E-state index contributed by atoms with van der Waals surface area (Å²) in [4.78, 5) is 0. The zero-order valence-corrected chi connectivity index (χ0v) is 8.81. The Labute approximate surface area is 88.8 Å². The summed E-state index contributed by atoms with van der Waals surface area (Å²) < 4.78 is 0. The number of guanidine groups is 1. The summed E-state index contributed by atoms with van der Waals surface area (Å²) in [6, 6.07) is 7.82. The highest BCUT2D eigenvalue weighted by atomic mass is 35.5. The van der Waals surface area contributed by atoms with Crippen LogP contribution in [-0.2, 0) is 6.42 Å². The van der Waals surface area contributed by atoms with Crippen LogP contribution in [-0.4, -0.2) is 12.0 Å². The van der Waals surface area contributed by atoms with Crippen molar-refractivity contribution in [3.63, 3.8) is 0 Å². The van der Waals surface area contributed by atoms with Crippen LogP contribution in [0.1, 0.15) is 12.5 Å². The Kier molecular flexibility index (Phi) is 3.77. The number of nitrogens with one attached hydrogen (secondary N) is 2. The number of hydrogen-bond acceptors (Lipinski definition) is 1. The number of halogens is 1. The lowest BCUT2D eigenvalue weighted by molar-refractivity contribution is 0.654. The molecule has 0 heterocycles. The average molecular weight is 212 g/mol. The van der Waals surface area contributed by atoms with Gasteiger partial charge in [0.2, 0.25) is 0 Å². The van der Waals surface area contributed by atoms with Gasteiger partial charge in [-0.3, -0.25) is 5.41 Å². The minimum Gasteiger partial charge on any atom is -0.370 e. The van der Waals surface area contributed by atoms with Crippen LogP contribution in [0.4, 0.5) is 0 Å². The van der Waals surface area contributed by atoms with Crippen molar-refractivity contribution in [1.82, 2.24) is 5.32 Å². The second-order valence-electron chi connectivity index (χ2n) is 3.29. The lowest BCUT2D eigenvalue weighted by Gasteiger charge is -2.13. The third-order valence-corrected chi connectivity index (χ3v) is 2.11. The zero-order valence-electron chi connectivity index (χ0n) is 8.05. The molecular formula is C10H14ClN3. The largest absolute Gasteiger partial charge is 0.370 e. The molecule has 0 spiro atoms. The van der Waals surface area contributed by atoms with E-state index in [-0.39, 0.29) is 12.0 Å². The summed E-state index contributed by atoms with van der Waals surface area (Å²) in [6.45, 7) is 1.98. The molecule has 3 nitrogen and oxygen atoms in total. The van der Waals surface area contributed by atoms with E-state index in [1.807, 2.05) is 31.2 Å². The zero-order chi connectivity index (χ0) is 10.6. The van der Waals surface area contributed by atoms with E-state index in [0.717, 1.165) is 11.4 Å². The molecule has 76 valence electrons. The number of nitrogens with two attached hydrogens (primary N) is 1. The molecule has 0 amide bonds. The summed E-state index contributed by atoms with van der Waals surface area (Å²) in [6.07, 6.45) is 0.830. The van der Waals surface area contributed by atoms with Crippen molar-refractivity contribution in [2.75, 3.05) is 0 Å². The summed E-state index contributed by atoms with van der Waals surface area (Å²) in [5, 5.41) is 10.6. The molecule has 0 aliphatic rings. The fourth-order valence-corrected chi connectivity index (χ4v) is 1.42. The van der Waals surface area contributed by atoms with E-state index in [1.165, 1.54) is 5.56 Å². The molecule has 0 saturated carbocycles. The second-order valence-corrected chi connectivity index (χ2v) is 3.73. The van der Waals surface area contributed by atoms with E-state index < -0.39 is 0 Å². The van der Waals surface area contributed by atoms with Crippen molar-refractivity contribution in [1.29, 1.82) is 5.41 Å². The maximum Gasteiger partial charge on any atom is 0.185 e. The average Bonchev–Trinajstić information content (AvgIpc) is 2.07. The minimum atomic E-state index is 0.00598. The Morgan fingerprint density at radius 3 is 2.57 bits per heavy atom. The predicted molar refractivity (Wildman–Crippen MR) is 59.7 cm³/mol. The van der Waals surface area contributed by atoms with E-state index >= 15 is 0 Å². The smallest absolute Gasteiger partial charge is 0.185 e. The molecule has 0 bridgehead atoms. The van der Waals surface area contributed by atoms with Crippen LogP contribution >= 0.6 is 11.6 Å². The van der Waals surface area contributed by atoms with Crippen LogP contribution < -0.4 is 11.1 Å². The topological polar surface area (TPSA) is 61.9 Å². The standard InChI is InChI=1S/C10H14ClN3/c1-7(14-10(12)13)6-8-2-4-9(11)5-3-8/h2-5,7H,6H2,1H3,(H4,12,13,14). The van der Waals surface area contributed by atoms with Crippen LogP contribution in [0.15, 0.2) is 24.3 Å². The van der Waals surface area contributed by atoms with Gasteiger partial charge >= 0.3 is 0 Å². The van der Waals surface area contributed by atoms with Crippen molar-refractivity contribution < 1.29 is 0 Å². The molecule has 1 rings (SSSR count). The fourth-order valence-electron chi connectivity index (χ4n) is 1.29. The summed E-state index contributed by atoms with van der Waals surface area (Å²) in [7, 11) is 0. The maximum absolute atomic E-state index is 7.07. The van der Waals surface area contributed by atoms with Crippen molar-refractivity contribution in [2.24, 2.45) is 5.73 Å². The molecule has 0 aliphatic carbocycles. The molecule has 1 unspecified atom stereocenters. The normalized spacial score (nSPS) is 12.1. The first kappa shape index (κ1) is 10.9. The Bertz CT molecular complexity index is 308. The minimum absolute atomic E-state index is 0.00598. The first-order valence-corrected chi connectivity index (χ1v) is 4.80. The fraction of sp³-hybridized carbons (Fsp3) is 0.300. The first-order chi connectivity index (χ1) is 6.58. The van der Waals surface area contributed by atoms with Crippen molar-refractivity contribution >= 4 is 17.6 Å². The number of hydrogen-bond donors (Lipinski definition) is 3. The third-order valence-electron chi connectivity index (χ3n) is 1.86. The SMILES string of the molecule is CC(Cc1ccc(Cl)cc1)NC(=N)N. The van der Waals surface area contributed by atoms with Crippen LogP contribution in [0.5, 0.6) is 0 Å². The number of benzene rings is 1. The molecular weight excluding hydrogens is 198 g/mol. The van der Waals surface area contributed by atoms with Gasteiger partial charge in [0.05, 0.1) is 0 Å². The highest BCUT2D eigenvalue weighted by Crippen LogP contribution is 2.10. The van der Waals surface area contributed by atoms with E-state index in [4.69, 9.17) is 22.7 Å². The van der Waals surface area contributed by atoms with E-state index in [9.17, 15) is 0 Å². The van der Waals surface area contributed by atoms with Crippen LogP contribution in [0, 0.1) is 5.41 Å². The summed E-state index contributed by atoms with van der Waals surface area (Å²) in [5.74, 6) is 0.00598. The van der Waals surface area contributed by atoms with Gasteiger partial charge in [-0.1, -0.05) is 23.7 Å². The molecule has 1 atom stereocenters. The molecule has 14 heavy (non-hydrogen) atoms. The van der Waals surface area contributed by atoms with Gasteiger partial charge in [0.15, 0.2) is 5.96 Å². The molecule has 0 fully saturated rings. The molecule has 0 aromatic heterocycles. The van der Waals surface area contributed by atoms with Crippen molar-refractivity contribution in [3.05, 3.63) is 34.9 Å². The first-order valence-electron chi connectivity index (χ1n) is 4.43. The van der Waals surface area contributed by atoms with Crippen molar-refractivity contribution in [2.45, 2.75) is 19.4 Å². The predicted octanol–water partition coefficient (Wildman–Crippen LogP) is 1.75. The number of rotatable bonds is 3. The monoisotopic (exact) mass is 211 g/mol.